The van der Waals surface area contributed by atoms with Gasteiger partial charge >= 0.3 is 5.97 Å². The van der Waals surface area contributed by atoms with Gasteiger partial charge in [0.2, 0.25) is 0 Å². The fraction of sp³-hybridized carbons (Fsp3) is 0.148. The predicted molar refractivity (Wildman–Crippen MR) is 138 cm³/mol. The van der Waals surface area contributed by atoms with E-state index in [1.807, 2.05) is 42.5 Å². The third-order valence-corrected chi connectivity index (χ3v) is 6.10. The average Bonchev–Trinajstić information content (AvgIpc) is 3.29. The van der Waals surface area contributed by atoms with Crippen molar-refractivity contribution in [3.8, 4) is 11.5 Å². The summed E-state index contributed by atoms with van der Waals surface area (Å²) >= 11 is 1.29. The Kier molecular flexibility index (Phi) is 7.42. The molecule has 0 unspecified atom stereocenters. The van der Waals surface area contributed by atoms with Crippen molar-refractivity contribution in [2.45, 2.75) is 6.92 Å². The van der Waals surface area contributed by atoms with Gasteiger partial charge in [0.1, 0.15) is 0 Å². The van der Waals surface area contributed by atoms with Crippen molar-refractivity contribution in [2.24, 2.45) is 0 Å². The van der Waals surface area contributed by atoms with Crippen molar-refractivity contribution in [2.75, 3.05) is 26.1 Å². The van der Waals surface area contributed by atoms with E-state index in [1.54, 1.807) is 51.5 Å². The molecule has 0 aliphatic rings. The van der Waals surface area contributed by atoms with Gasteiger partial charge < -0.3 is 14.2 Å². The summed E-state index contributed by atoms with van der Waals surface area (Å²) in [5.41, 5.74) is 3.12. The molecule has 1 amide bonds. The van der Waals surface area contributed by atoms with Crippen molar-refractivity contribution in [3.05, 3.63) is 83.4 Å². The molecule has 0 fully saturated rings. The van der Waals surface area contributed by atoms with E-state index in [1.165, 1.54) is 11.3 Å². The van der Waals surface area contributed by atoms with Crippen molar-refractivity contribution in [1.29, 1.82) is 0 Å². The second kappa shape index (κ2) is 10.8. The Morgan fingerprint density at radius 2 is 1.71 bits per heavy atom. The molecule has 3 aromatic carbocycles. The Bertz CT molecular complexity index is 1400. The minimum atomic E-state index is -0.391. The monoisotopic (exact) mass is 488 g/mol. The van der Waals surface area contributed by atoms with Crippen LogP contribution in [0.3, 0.4) is 0 Å². The molecule has 1 N–H and O–H groups in total. The molecular weight excluding hydrogens is 464 g/mol. The van der Waals surface area contributed by atoms with Crippen LogP contribution in [-0.4, -0.2) is 37.7 Å². The Morgan fingerprint density at radius 1 is 0.943 bits per heavy atom. The molecule has 1 heterocycles. The minimum Gasteiger partial charge on any atom is -0.493 e. The molecule has 4 aromatic rings. The summed E-state index contributed by atoms with van der Waals surface area (Å²) in [5, 5.41) is 3.33. The number of benzene rings is 3. The maximum absolute atomic E-state index is 13.4. The van der Waals surface area contributed by atoms with Gasteiger partial charge in [0, 0.05) is 5.57 Å². The maximum atomic E-state index is 13.4. The number of methoxy groups -OCH3 is 2. The van der Waals surface area contributed by atoms with Crippen molar-refractivity contribution >= 4 is 50.2 Å². The molecule has 1 aromatic heterocycles. The number of nitrogens with one attached hydrogen (secondary N) is 1. The first-order valence-corrected chi connectivity index (χ1v) is 11.7. The first-order chi connectivity index (χ1) is 17.0. The number of amides is 1. The van der Waals surface area contributed by atoms with Crippen LogP contribution in [0, 0.1) is 0 Å². The molecule has 0 atom stereocenters. The van der Waals surface area contributed by atoms with Gasteiger partial charge in [0.15, 0.2) is 16.6 Å². The fourth-order valence-electron chi connectivity index (χ4n) is 3.49. The summed E-state index contributed by atoms with van der Waals surface area (Å²) in [5.74, 6) is 0.470. The molecule has 0 radical (unpaired) electrons. The van der Waals surface area contributed by atoms with E-state index in [2.05, 4.69) is 10.3 Å². The molecule has 7 nitrogen and oxygen atoms in total. The molecule has 0 saturated heterocycles. The van der Waals surface area contributed by atoms with E-state index < -0.39 is 5.97 Å². The predicted octanol–water partition coefficient (Wildman–Crippen LogP) is 5.67. The zero-order chi connectivity index (χ0) is 24.8. The normalized spacial score (nSPS) is 11.2. The van der Waals surface area contributed by atoms with E-state index in [0.717, 1.165) is 15.8 Å². The number of fused-ring (bicyclic) bond motifs is 1. The highest BCUT2D eigenvalue weighted by Gasteiger charge is 2.16. The largest absolute Gasteiger partial charge is 0.493 e. The Labute approximate surface area is 207 Å². The summed E-state index contributed by atoms with van der Waals surface area (Å²) in [4.78, 5) is 29.9. The van der Waals surface area contributed by atoms with E-state index in [9.17, 15) is 9.59 Å². The van der Waals surface area contributed by atoms with E-state index >= 15 is 0 Å². The third-order valence-electron chi connectivity index (χ3n) is 5.17. The van der Waals surface area contributed by atoms with Crippen molar-refractivity contribution in [3.63, 3.8) is 0 Å². The minimum absolute atomic E-state index is 0.301. The van der Waals surface area contributed by atoms with Crippen LogP contribution in [0.2, 0.25) is 0 Å². The Hall–Kier alpha value is -4.17. The fourth-order valence-corrected chi connectivity index (χ4v) is 4.39. The Morgan fingerprint density at radius 3 is 2.43 bits per heavy atom. The summed E-state index contributed by atoms with van der Waals surface area (Å²) in [6, 6.07) is 20.0. The van der Waals surface area contributed by atoms with E-state index in [4.69, 9.17) is 14.2 Å². The standard InChI is InChI=1S/C27H24N2O5S/c1-4-34-26(31)19-11-12-21-24(16-19)35-27(28-21)29-25(30)20(18-8-6-5-7-9-18)14-17-10-13-22(32-2)23(15-17)33-3/h5-16H,4H2,1-3H3,(H,28,29,30)/b20-14+. The lowest BCUT2D eigenvalue weighted by molar-refractivity contribution is -0.111. The van der Waals surface area contributed by atoms with Crippen molar-refractivity contribution < 1.29 is 23.8 Å². The highest BCUT2D eigenvalue weighted by molar-refractivity contribution is 7.22. The lowest BCUT2D eigenvalue weighted by Crippen LogP contribution is -2.13. The number of aromatic nitrogens is 1. The number of ether oxygens (including phenoxy) is 3. The summed E-state index contributed by atoms with van der Waals surface area (Å²) < 4.78 is 16.6. The molecular formula is C27H24N2O5S. The number of carbonyl (C=O) groups is 2. The smallest absolute Gasteiger partial charge is 0.338 e. The molecule has 0 bridgehead atoms. The number of rotatable bonds is 8. The summed E-state index contributed by atoms with van der Waals surface area (Å²) in [6.07, 6.45) is 1.79. The first-order valence-electron chi connectivity index (χ1n) is 10.9. The van der Waals surface area contributed by atoms with Crippen LogP contribution >= 0.6 is 11.3 Å². The lowest BCUT2D eigenvalue weighted by atomic mass is 10.0. The van der Waals surface area contributed by atoms with Crippen LogP contribution in [-0.2, 0) is 9.53 Å². The number of hydrogen-bond acceptors (Lipinski definition) is 7. The molecule has 35 heavy (non-hydrogen) atoms. The zero-order valence-corrected chi connectivity index (χ0v) is 20.3. The van der Waals surface area contributed by atoms with Gasteiger partial charge in [-0.05, 0) is 54.5 Å². The van der Waals surface area contributed by atoms with Crippen LogP contribution in [0.1, 0.15) is 28.4 Å². The second-order valence-corrected chi connectivity index (χ2v) is 8.45. The summed E-state index contributed by atoms with van der Waals surface area (Å²) in [6.45, 7) is 2.06. The van der Waals surface area contributed by atoms with Gasteiger partial charge in [0.25, 0.3) is 5.91 Å². The van der Waals surface area contributed by atoms with Gasteiger partial charge in [-0.2, -0.15) is 0 Å². The van der Waals surface area contributed by atoms with Crippen LogP contribution < -0.4 is 14.8 Å². The molecule has 0 saturated carbocycles. The zero-order valence-electron chi connectivity index (χ0n) is 19.5. The molecule has 0 aliphatic heterocycles. The molecule has 8 heteroatoms. The van der Waals surface area contributed by atoms with Gasteiger partial charge in [0.05, 0.1) is 36.6 Å². The van der Waals surface area contributed by atoms with E-state index in [0.29, 0.717) is 39.9 Å². The molecule has 0 aliphatic carbocycles. The number of nitrogens with zero attached hydrogens (tertiary/aromatic N) is 1. The Balaban J connectivity index is 1.66. The number of hydrogen-bond donors (Lipinski definition) is 1. The topological polar surface area (TPSA) is 86.8 Å². The van der Waals surface area contributed by atoms with Crippen LogP contribution in [0.25, 0.3) is 21.9 Å². The summed E-state index contributed by atoms with van der Waals surface area (Å²) in [7, 11) is 3.14. The SMILES string of the molecule is CCOC(=O)c1ccc2nc(NC(=O)/C(=C/c3ccc(OC)c(OC)c3)c3ccccc3)sc2c1. The number of anilines is 1. The lowest BCUT2D eigenvalue weighted by Gasteiger charge is -2.10. The molecule has 178 valence electrons. The quantitative estimate of drug-likeness (QED) is 0.195. The third kappa shape index (κ3) is 5.50. The van der Waals surface area contributed by atoms with Crippen LogP contribution in [0.15, 0.2) is 66.7 Å². The molecule has 0 spiro atoms. The van der Waals surface area contributed by atoms with Gasteiger partial charge in [-0.15, -0.1) is 0 Å². The molecule has 4 rings (SSSR count). The highest BCUT2D eigenvalue weighted by atomic mass is 32.1. The maximum Gasteiger partial charge on any atom is 0.338 e. The number of thiazole rings is 1. The number of esters is 1. The first kappa shape index (κ1) is 24.0. The van der Waals surface area contributed by atoms with E-state index in [-0.39, 0.29) is 5.91 Å². The van der Waals surface area contributed by atoms with Gasteiger partial charge in [-0.3, -0.25) is 10.1 Å². The second-order valence-electron chi connectivity index (χ2n) is 7.41. The highest BCUT2D eigenvalue weighted by Crippen LogP contribution is 2.31. The van der Waals surface area contributed by atoms with Gasteiger partial charge in [-0.1, -0.05) is 47.7 Å². The van der Waals surface area contributed by atoms with Crippen LogP contribution in [0.5, 0.6) is 11.5 Å². The number of carbonyl (C=O) groups excluding carboxylic acids is 2. The van der Waals surface area contributed by atoms with Gasteiger partial charge in [-0.25, -0.2) is 9.78 Å². The average molecular weight is 489 g/mol. The van der Waals surface area contributed by atoms with Crippen molar-refractivity contribution in [1.82, 2.24) is 4.98 Å². The van der Waals surface area contributed by atoms with Crippen LogP contribution in [0.4, 0.5) is 5.13 Å².